The molecule has 1 unspecified atom stereocenters. The molecule has 0 bridgehead atoms. The first kappa shape index (κ1) is 11.1. The Labute approximate surface area is 86.3 Å². The quantitative estimate of drug-likeness (QED) is 0.775. The van der Waals surface area contributed by atoms with Gasteiger partial charge in [-0.05, 0) is 51.6 Å². The molecule has 0 aliphatic heterocycles. The minimum atomic E-state index is 0.268. The fraction of sp³-hybridized carbons (Fsp3) is 0.500. The third-order valence-corrected chi connectivity index (χ3v) is 2.13. The number of hydrogen-bond acceptors (Lipinski definition) is 2. The molecule has 0 fully saturated rings. The van der Waals surface area contributed by atoms with E-state index in [0.717, 1.165) is 18.7 Å². The summed E-state index contributed by atoms with van der Waals surface area (Å²) in [5.41, 5.74) is 1.24. The molecule has 1 rings (SSSR count). The zero-order valence-electron chi connectivity index (χ0n) is 9.21. The molecular formula is C12H19NO. The third-order valence-electron chi connectivity index (χ3n) is 2.13. The van der Waals surface area contributed by atoms with Crippen LogP contribution in [0.2, 0.25) is 0 Å². The highest BCUT2D eigenvalue weighted by Crippen LogP contribution is 2.14. The minimum absolute atomic E-state index is 0.268. The summed E-state index contributed by atoms with van der Waals surface area (Å²) in [7, 11) is 1.96. The Morgan fingerprint density at radius 1 is 1.43 bits per heavy atom. The van der Waals surface area contributed by atoms with Crippen LogP contribution < -0.4 is 10.1 Å². The lowest BCUT2D eigenvalue weighted by atomic mass is 10.2. The topological polar surface area (TPSA) is 21.3 Å². The summed E-state index contributed by atoms with van der Waals surface area (Å²) in [5, 5.41) is 3.12. The van der Waals surface area contributed by atoms with Crippen molar-refractivity contribution in [2.75, 3.05) is 13.6 Å². The van der Waals surface area contributed by atoms with Crippen LogP contribution in [0.25, 0.3) is 0 Å². The van der Waals surface area contributed by atoms with Gasteiger partial charge in [-0.3, -0.25) is 0 Å². The first-order valence-corrected chi connectivity index (χ1v) is 5.10. The van der Waals surface area contributed by atoms with Gasteiger partial charge < -0.3 is 10.1 Å². The Morgan fingerprint density at radius 3 is 2.86 bits per heavy atom. The van der Waals surface area contributed by atoms with Gasteiger partial charge in [-0.2, -0.15) is 0 Å². The summed E-state index contributed by atoms with van der Waals surface area (Å²) in [5.74, 6) is 0.966. The highest BCUT2D eigenvalue weighted by molar-refractivity contribution is 5.27. The van der Waals surface area contributed by atoms with Crippen molar-refractivity contribution in [2.24, 2.45) is 0 Å². The molecule has 0 saturated heterocycles. The molecule has 1 atom stereocenters. The number of nitrogens with one attached hydrogen (secondary N) is 1. The highest BCUT2D eigenvalue weighted by Gasteiger charge is 2.02. The van der Waals surface area contributed by atoms with E-state index in [2.05, 4.69) is 31.3 Å². The Bertz CT molecular complexity index is 273. The maximum absolute atomic E-state index is 5.76. The zero-order valence-corrected chi connectivity index (χ0v) is 9.21. The number of ether oxygens (including phenoxy) is 1. The van der Waals surface area contributed by atoms with E-state index < -0.39 is 0 Å². The van der Waals surface area contributed by atoms with Gasteiger partial charge in [0.2, 0.25) is 0 Å². The van der Waals surface area contributed by atoms with Crippen LogP contribution in [-0.4, -0.2) is 19.7 Å². The Hall–Kier alpha value is -1.02. The summed E-state index contributed by atoms with van der Waals surface area (Å²) in [6.45, 7) is 5.16. The predicted molar refractivity (Wildman–Crippen MR) is 59.8 cm³/mol. The van der Waals surface area contributed by atoms with Gasteiger partial charge in [0.15, 0.2) is 0 Å². The van der Waals surface area contributed by atoms with Crippen LogP contribution in [0.15, 0.2) is 24.3 Å². The van der Waals surface area contributed by atoms with Gasteiger partial charge in [0.05, 0.1) is 6.10 Å². The standard InChI is InChI=1S/C12H19NO/c1-10-5-4-6-12(9-10)14-11(2)7-8-13-3/h4-6,9,11,13H,7-8H2,1-3H3. The van der Waals surface area contributed by atoms with Crippen molar-refractivity contribution in [1.82, 2.24) is 5.32 Å². The molecule has 0 amide bonds. The predicted octanol–water partition coefficient (Wildman–Crippen LogP) is 2.37. The van der Waals surface area contributed by atoms with Gasteiger partial charge in [0.25, 0.3) is 0 Å². The lowest BCUT2D eigenvalue weighted by molar-refractivity contribution is 0.211. The molecule has 1 aromatic rings. The van der Waals surface area contributed by atoms with Gasteiger partial charge in [-0.25, -0.2) is 0 Å². The van der Waals surface area contributed by atoms with Gasteiger partial charge in [-0.1, -0.05) is 12.1 Å². The normalized spacial score (nSPS) is 12.5. The fourth-order valence-electron chi connectivity index (χ4n) is 1.33. The SMILES string of the molecule is CNCCC(C)Oc1cccc(C)c1. The highest BCUT2D eigenvalue weighted by atomic mass is 16.5. The number of hydrogen-bond donors (Lipinski definition) is 1. The van der Waals surface area contributed by atoms with Crippen LogP contribution in [0.1, 0.15) is 18.9 Å². The maximum Gasteiger partial charge on any atom is 0.119 e. The second-order valence-electron chi connectivity index (χ2n) is 3.64. The average Bonchev–Trinajstić information content (AvgIpc) is 2.15. The minimum Gasteiger partial charge on any atom is -0.491 e. The lowest BCUT2D eigenvalue weighted by Crippen LogP contribution is -2.19. The van der Waals surface area contributed by atoms with Gasteiger partial charge in [0, 0.05) is 0 Å². The van der Waals surface area contributed by atoms with E-state index in [1.165, 1.54) is 5.56 Å². The molecule has 2 nitrogen and oxygen atoms in total. The van der Waals surface area contributed by atoms with E-state index in [-0.39, 0.29) is 6.10 Å². The van der Waals surface area contributed by atoms with Crippen molar-refractivity contribution in [3.63, 3.8) is 0 Å². The summed E-state index contributed by atoms with van der Waals surface area (Å²) >= 11 is 0. The molecule has 0 heterocycles. The van der Waals surface area contributed by atoms with Gasteiger partial charge in [0.1, 0.15) is 5.75 Å². The third kappa shape index (κ3) is 3.79. The summed E-state index contributed by atoms with van der Waals surface area (Å²) in [6, 6.07) is 8.17. The largest absolute Gasteiger partial charge is 0.491 e. The zero-order chi connectivity index (χ0) is 10.4. The molecular weight excluding hydrogens is 174 g/mol. The molecule has 14 heavy (non-hydrogen) atoms. The second kappa shape index (κ2) is 5.66. The molecule has 0 radical (unpaired) electrons. The van der Waals surface area contributed by atoms with Crippen LogP contribution in [-0.2, 0) is 0 Å². The first-order valence-electron chi connectivity index (χ1n) is 5.10. The number of aryl methyl sites for hydroxylation is 1. The van der Waals surface area contributed by atoms with E-state index in [0.29, 0.717) is 0 Å². The second-order valence-corrected chi connectivity index (χ2v) is 3.64. The Balaban J connectivity index is 2.43. The molecule has 0 spiro atoms. The molecule has 0 aromatic heterocycles. The van der Waals surface area contributed by atoms with Gasteiger partial charge in [-0.15, -0.1) is 0 Å². The van der Waals surface area contributed by atoms with Crippen LogP contribution in [0.3, 0.4) is 0 Å². The van der Waals surface area contributed by atoms with Crippen molar-refractivity contribution in [2.45, 2.75) is 26.4 Å². The Kier molecular flexibility index (Phi) is 4.47. The van der Waals surface area contributed by atoms with Crippen molar-refractivity contribution in [3.05, 3.63) is 29.8 Å². The van der Waals surface area contributed by atoms with Crippen LogP contribution in [0, 0.1) is 6.92 Å². The maximum atomic E-state index is 5.76. The summed E-state index contributed by atoms with van der Waals surface area (Å²) < 4.78 is 5.76. The van der Waals surface area contributed by atoms with E-state index in [4.69, 9.17) is 4.74 Å². The van der Waals surface area contributed by atoms with E-state index >= 15 is 0 Å². The molecule has 1 N–H and O–H groups in total. The summed E-state index contributed by atoms with van der Waals surface area (Å²) in [6.07, 6.45) is 1.30. The van der Waals surface area contributed by atoms with E-state index in [1.807, 2.05) is 19.2 Å². The monoisotopic (exact) mass is 193 g/mol. The Morgan fingerprint density at radius 2 is 2.21 bits per heavy atom. The summed E-state index contributed by atoms with van der Waals surface area (Å²) in [4.78, 5) is 0. The first-order chi connectivity index (χ1) is 6.72. The lowest BCUT2D eigenvalue weighted by Gasteiger charge is -2.14. The fourth-order valence-corrected chi connectivity index (χ4v) is 1.33. The number of benzene rings is 1. The average molecular weight is 193 g/mol. The number of rotatable bonds is 5. The van der Waals surface area contributed by atoms with Crippen LogP contribution in [0.5, 0.6) is 5.75 Å². The molecule has 0 aliphatic rings. The van der Waals surface area contributed by atoms with Crippen molar-refractivity contribution >= 4 is 0 Å². The van der Waals surface area contributed by atoms with Crippen LogP contribution >= 0.6 is 0 Å². The van der Waals surface area contributed by atoms with Crippen molar-refractivity contribution < 1.29 is 4.74 Å². The van der Waals surface area contributed by atoms with Gasteiger partial charge >= 0.3 is 0 Å². The smallest absolute Gasteiger partial charge is 0.119 e. The van der Waals surface area contributed by atoms with E-state index in [9.17, 15) is 0 Å². The van der Waals surface area contributed by atoms with E-state index in [1.54, 1.807) is 0 Å². The molecule has 0 aliphatic carbocycles. The molecule has 1 aromatic carbocycles. The van der Waals surface area contributed by atoms with Crippen molar-refractivity contribution in [1.29, 1.82) is 0 Å². The van der Waals surface area contributed by atoms with Crippen LogP contribution in [0.4, 0.5) is 0 Å². The molecule has 2 heteroatoms. The van der Waals surface area contributed by atoms with Crippen molar-refractivity contribution in [3.8, 4) is 5.75 Å². The molecule has 78 valence electrons. The molecule has 0 saturated carbocycles.